The van der Waals surface area contributed by atoms with Gasteiger partial charge in [-0.15, -0.1) is 0 Å². The molecule has 17 heavy (non-hydrogen) atoms. The first kappa shape index (κ1) is 11.8. The van der Waals surface area contributed by atoms with Crippen LogP contribution in [-0.4, -0.2) is 11.6 Å². The third-order valence-corrected chi connectivity index (χ3v) is 3.19. The molecule has 2 N–H and O–H groups in total. The monoisotopic (exact) mass is 233 g/mol. The van der Waals surface area contributed by atoms with Crippen molar-refractivity contribution in [1.29, 1.82) is 0 Å². The van der Waals surface area contributed by atoms with Crippen molar-refractivity contribution in [3.63, 3.8) is 0 Å². The molecule has 0 amide bonds. The third-order valence-electron chi connectivity index (χ3n) is 3.19. The highest BCUT2D eigenvalue weighted by molar-refractivity contribution is 6.09. The van der Waals surface area contributed by atoms with Gasteiger partial charge in [0.15, 0.2) is 0 Å². The van der Waals surface area contributed by atoms with Crippen molar-refractivity contribution in [3.05, 3.63) is 29.3 Å². The van der Waals surface area contributed by atoms with E-state index >= 15 is 0 Å². The van der Waals surface area contributed by atoms with Crippen molar-refractivity contribution in [2.45, 2.75) is 32.1 Å². The zero-order valence-corrected chi connectivity index (χ0v) is 9.73. The zero-order valence-electron chi connectivity index (χ0n) is 9.73. The predicted molar refractivity (Wildman–Crippen MR) is 62.6 cm³/mol. The van der Waals surface area contributed by atoms with E-state index < -0.39 is 5.92 Å². The minimum Gasteiger partial charge on any atom is -0.412 e. The molecule has 0 heterocycles. The highest BCUT2D eigenvalue weighted by Gasteiger charge is 2.32. The van der Waals surface area contributed by atoms with Gasteiger partial charge in [-0.1, -0.05) is 6.07 Å². The summed E-state index contributed by atoms with van der Waals surface area (Å²) in [6, 6.07) is 5.21. The molecular weight excluding hydrogens is 218 g/mol. The Labute approximate surface area is 99.7 Å². The van der Waals surface area contributed by atoms with E-state index in [1.165, 1.54) is 0 Å². The highest BCUT2D eigenvalue weighted by Crippen LogP contribution is 2.31. The molecular formula is C13H15NO3. The second-order valence-corrected chi connectivity index (χ2v) is 4.36. The number of ketones is 2. The van der Waals surface area contributed by atoms with Crippen LogP contribution in [-0.2, 0) is 9.59 Å². The molecule has 0 aliphatic heterocycles. The SMILES string of the molecule is Cc1ccc(ON)cc1C1C(=O)CCCC1=O. The maximum Gasteiger partial charge on any atom is 0.147 e. The molecule has 1 aromatic rings. The van der Waals surface area contributed by atoms with Gasteiger partial charge in [-0.2, -0.15) is 5.90 Å². The third kappa shape index (κ3) is 2.22. The minimum atomic E-state index is -0.626. The lowest BCUT2D eigenvalue weighted by atomic mass is 9.80. The smallest absolute Gasteiger partial charge is 0.147 e. The van der Waals surface area contributed by atoms with Gasteiger partial charge in [0, 0.05) is 12.8 Å². The Kier molecular flexibility index (Phi) is 3.24. The van der Waals surface area contributed by atoms with Crippen LogP contribution in [0, 0.1) is 6.92 Å². The fourth-order valence-electron chi connectivity index (χ4n) is 2.25. The van der Waals surface area contributed by atoms with Crippen LogP contribution in [0.4, 0.5) is 0 Å². The molecule has 0 radical (unpaired) electrons. The van der Waals surface area contributed by atoms with Crippen LogP contribution in [0.15, 0.2) is 18.2 Å². The number of nitrogens with two attached hydrogens (primary N) is 1. The normalized spacial score (nSPS) is 17.3. The summed E-state index contributed by atoms with van der Waals surface area (Å²) in [5.41, 5.74) is 1.64. The first-order chi connectivity index (χ1) is 8.13. The summed E-state index contributed by atoms with van der Waals surface area (Å²) < 4.78 is 0. The van der Waals surface area contributed by atoms with Gasteiger partial charge >= 0.3 is 0 Å². The molecule has 1 fully saturated rings. The number of aryl methyl sites for hydroxylation is 1. The maximum absolute atomic E-state index is 11.9. The first-order valence-electron chi connectivity index (χ1n) is 5.66. The van der Waals surface area contributed by atoms with Crippen molar-refractivity contribution in [2.75, 3.05) is 0 Å². The fraction of sp³-hybridized carbons (Fsp3) is 0.385. The molecule has 2 rings (SSSR count). The molecule has 0 unspecified atom stereocenters. The van der Waals surface area contributed by atoms with E-state index in [1.807, 2.05) is 13.0 Å². The number of carbonyl (C=O) groups is 2. The van der Waals surface area contributed by atoms with Gasteiger partial charge in [0.25, 0.3) is 0 Å². The van der Waals surface area contributed by atoms with Crippen molar-refractivity contribution in [1.82, 2.24) is 0 Å². The Bertz CT molecular complexity index is 452. The van der Waals surface area contributed by atoms with E-state index in [1.54, 1.807) is 12.1 Å². The summed E-state index contributed by atoms with van der Waals surface area (Å²) in [7, 11) is 0. The van der Waals surface area contributed by atoms with E-state index in [-0.39, 0.29) is 11.6 Å². The first-order valence-corrected chi connectivity index (χ1v) is 5.66. The van der Waals surface area contributed by atoms with E-state index in [2.05, 4.69) is 4.84 Å². The fourth-order valence-corrected chi connectivity index (χ4v) is 2.25. The van der Waals surface area contributed by atoms with Gasteiger partial charge in [0.05, 0.1) is 0 Å². The summed E-state index contributed by atoms with van der Waals surface area (Å²) in [6.07, 6.45) is 1.62. The van der Waals surface area contributed by atoms with E-state index in [0.29, 0.717) is 25.0 Å². The summed E-state index contributed by atoms with van der Waals surface area (Å²) in [5, 5.41) is 0. The van der Waals surface area contributed by atoms with E-state index in [9.17, 15) is 9.59 Å². The number of rotatable bonds is 2. The second kappa shape index (κ2) is 4.67. The topological polar surface area (TPSA) is 69.4 Å². The summed E-state index contributed by atoms with van der Waals surface area (Å²) in [4.78, 5) is 28.4. The predicted octanol–water partition coefficient (Wildman–Crippen LogP) is 1.65. The van der Waals surface area contributed by atoms with Crippen LogP contribution in [0.2, 0.25) is 0 Å². The second-order valence-electron chi connectivity index (χ2n) is 4.36. The molecule has 1 aromatic carbocycles. The average molecular weight is 233 g/mol. The Morgan fingerprint density at radius 2 is 1.88 bits per heavy atom. The van der Waals surface area contributed by atoms with Gasteiger partial charge < -0.3 is 4.84 Å². The van der Waals surface area contributed by atoms with Crippen LogP contribution in [0.1, 0.15) is 36.3 Å². The maximum atomic E-state index is 11.9. The van der Waals surface area contributed by atoms with Gasteiger partial charge in [0.1, 0.15) is 23.2 Å². The largest absolute Gasteiger partial charge is 0.412 e. The van der Waals surface area contributed by atoms with Crippen molar-refractivity contribution >= 4 is 11.6 Å². The van der Waals surface area contributed by atoms with E-state index in [0.717, 1.165) is 11.1 Å². The molecule has 0 atom stereocenters. The minimum absolute atomic E-state index is 0.00137. The van der Waals surface area contributed by atoms with Crippen LogP contribution >= 0.6 is 0 Å². The quantitative estimate of drug-likeness (QED) is 0.623. The summed E-state index contributed by atoms with van der Waals surface area (Å²) in [5.74, 6) is 4.94. The van der Waals surface area contributed by atoms with Gasteiger partial charge in [0.2, 0.25) is 0 Å². The molecule has 1 aliphatic carbocycles. The number of hydrogen-bond donors (Lipinski definition) is 1. The lowest BCUT2D eigenvalue weighted by molar-refractivity contribution is -0.131. The number of benzene rings is 1. The van der Waals surface area contributed by atoms with Crippen LogP contribution in [0.5, 0.6) is 5.75 Å². The number of Topliss-reactive ketones (excluding diaryl/α,β-unsaturated/α-hetero) is 2. The Hall–Kier alpha value is -1.68. The summed E-state index contributed by atoms with van der Waals surface area (Å²) >= 11 is 0. The zero-order chi connectivity index (χ0) is 12.4. The molecule has 4 nitrogen and oxygen atoms in total. The molecule has 0 aromatic heterocycles. The van der Waals surface area contributed by atoms with Crippen LogP contribution in [0.25, 0.3) is 0 Å². The molecule has 90 valence electrons. The summed E-state index contributed by atoms with van der Waals surface area (Å²) in [6.45, 7) is 1.88. The van der Waals surface area contributed by atoms with E-state index in [4.69, 9.17) is 5.90 Å². The molecule has 0 bridgehead atoms. The molecule has 0 saturated heterocycles. The Morgan fingerprint density at radius 1 is 1.24 bits per heavy atom. The highest BCUT2D eigenvalue weighted by atomic mass is 16.6. The molecule has 1 aliphatic rings. The molecule has 0 spiro atoms. The lowest BCUT2D eigenvalue weighted by Gasteiger charge is -2.21. The average Bonchev–Trinajstić information content (AvgIpc) is 2.31. The Morgan fingerprint density at radius 3 is 2.47 bits per heavy atom. The van der Waals surface area contributed by atoms with Crippen LogP contribution in [0.3, 0.4) is 0 Å². The van der Waals surface area contributed by atoms with Crippen LogP contribution < -0.4 is 10.7 Å². The van der Waals surface area contributed by atoms with Gasteiger partial charge in [-0.05, 0) is 36.6 Å². The molecule has 1 saturated carbocycles. The number of hydrogen-bond acceptors (Lipinski definition) is 4. The van der Waals surface area contributed by atoms with Gasteiger partial charge in [-0.3, -0.25) is 9.59 Å². The van der Waals surface area contributed by atoms with Crippen molar-refractivity contribution < 1.29 is 14.4 Å². The standard InChI is InChI=1S/C13H15NO3/c1-8-5-6-9(17-14)7-10(8)13-11(15)3-2-4-12(13)16/h5-7,13H,2-4,14H2,1H3. The Balaban J connectivity index is 2.43. The van der Waals surface area contributed by atoms with Gasteiger partial charge in [-0.25, -0.2) is 0 Å². The molecule has 4 heteroatoms. The van der Waals surface area contributed by atoms with Crippen molar-refractivity contribution in [3.8, 4) is 5.75 Å². The number of carbonyl (C=O) groups excluding carboxylic acids is 2. The lowest BCUT2D eigenvalue weighted by Crippen LogP contribution is -2.27. The van der Waals surface area contributed by atoms with Crippen molar-refractivity contribution in [2.24, 2.45) is 5.90 Å².